The number of thiazole rings is 1. The molecule has 2 aromatic rings. The first kappa shape index (κ1) is 24.3. The lowest BCUT2D eigenvalue weighted by Crippen LogP contribution is -2.86. The normalized spacial score (nSPS) is 24.1. The standard InChI is InChI=1S/C16H9F11N2O2S/c1-2-31-6-3-4-7-8(5-6)32-10(28-7)29-9(30)11(17)12(18,19)14(22,23)16(26,27)15(24,25)13(11,20)21/h3-5H,2H2,1H3,(H,28,29,30). The Balaban J connectivity index is 2.08. The van der Waals surface area contributed by atoms with E-state index in [1.165, 1.54) is 18.2 Å². The van der Waals surface area contributed by atoms with E-state index in [9.17, 15) is 53.1 Å². The average Bonchev–Trinajstić information content (AvgIpc) is 3.07. The number of hydrogen-bond acceptors (Lipinski definition) is 4. The Bertz CT molecular complexity index is 1040. The number of nitrogens with one attached hydrogen (secondary N) is 1. The van der Waals surface area contributed by atoms with Crippen LogP contribution in [0.1, 0.15) is 6.92 Å². The molecule has 0 bridgehead atoms. The Morgan fingerprint density at radius 2 is 1.41 bits per heavy atom. The summed E-state index contributed by atoms with van der Waals surface area (Å²) in [5.74, 6) is -39.8. The van der Waals surface area contributed by atoms with Crippen molar-refractivity contribution in [1.82, 2.24) is 4.98 Å². The molecule has 0 atom stereocenters. The molecule has 1 fully saturated rings. The van der Waals surface area contributed by atoms with Crippen LogP contribution < -0.4 is 10.1 Å². The van der Waals surface area contributed by atoms with E-state index < -0.39 is 46.3 Å². The summed E-state index contributed by atoms with van der Waals surface area (Å²) in [7, 11) is 0. The van der Waals surface area contributed by atoms with Crippen LogP contribution in [0.5, 0.6) is 5.75 Å². The van der Waals surface area contributed by atoms with Gasteiger partial charge in [-0.3, -0.25) is 10.1 Å². The maximum Gasteiger partial charge on any atom is 0.384 e. The number of nitrogens with zero attached hydrogens (tertiary/aromatic N) is 1. The number of fused-ring (bicyclic) bond motifs is 1. The van der Waals surface area contributed by atoms with E-state index in [1.54, 1.807) is 6.92 Å². The highest BCUT2D eigenvalue weighted by Crippen LogP contribution is 2.69. The Morgan fingerprint density at radius 1 is 0.906 bits per heavy atom. The smallest absolute Gasteiger partial charge is 0.384 e. The molecule has 4 nitrogen and oxygen atoms in total. The largest absolute Gasteiger partial charge is 0.494 e. The molecule has 1 aromatic heterocycles. The molecule has 1 aromatic carbocycles. The molecular weight excluding hydrogens is 493 g/mol. The first-order chi connectivity index (χ1) is 14.4. The van der Waals surface area contributed by atoms with Crippen LogP contribution >= 0.6 is 11.3 Å². The molecular formula is C16H9F11N2O2S. The molecule has 1 N–H and O–H groups in total. The lowest BCUT2D eigenvalue weighted by molar-refractivity contribution is -0.475. The summed E-state index contributed by atoms with van der Waals surface area (Å²) >= 11 is 0.326. The second-order valence-electron chi connectivity index (χ2n) is 6.57. The van der Waals surface area contributed by atoms with E-state index in [0.717, 1.165) is 5.32 Å². The van der Waals surface area contributed by atoms with Crippen LogP contribution in [0.3, 0.4) is 0 Å². The van der Waals surface area contributed by atoms with E-state index in [1.807, 2.05) is 0 Å². The molecule has 1 amide bonds. The van der Waals surface area contributed by atoms with E-state index in [-0.39, 0.29) is 22.6 Å². The minimum absolute atomic E-state index is 0.0361. The Hall–Kier alpha value is -2.39. The monoisotopic (exact) mass is 502 g/mol. The number of carbonyl (C=O) groups is 1. The molecule has 0 unspecified atom stereocenters. The van der Waals surface area contributed by atoms with Gasteiger partial charge in [-0.1, -0.05) is 11.3 Å². The summed E-state index contributed by atoms with van der Waals surface area (Å²) < 4.78 is 156. The Morgan fingerprint density at radius 3 is 1.91 bits per heavy atom. The number of alkyl halides is 11. The molecule has 1 aliphatic rings. The van der Waals surface area contributed by atoms with Crippen molar-refractivity contribution in [2.24, 2.45) is 0 Å². The number of rotatable bonds is 4. The third-order valence-electron chi connectivity index (χ3n) is 4.65. The van der Waals surface area contributed by atoms with Crippen molar-refractivity contribution in [3.8, 4) is 5.75 Å². The number of halogens is 11. The zero-order valence-electron chi connectivity index (χ0n) is 15.3. The van der Waals surface area contributed by atoms with Crippen LogP contribution in [0.4, 0.5) is 53.4 Å². The van der Waals surface area contributed by atoms with Crippen molar-refractivity contribution in [3.05, 3.63) is 18.2 Å². The van der Waals surface area contributed by atoms with Crippen LogP contribution in [0.25, 0.3) is 10.2 Å². The van der Waals surface area contributed by atoms with Crippen LogP contribution in [-0.4, -0.2) is 52.8 Å². The number of hydrogen-bond donors (Lipinski definition) is 1. The van der Waals surface area contributed by atoms with Crippen molar-refractivity contribution < 1.29 is 57.8 Å². The highest BCUT2D eigenvalue weighted by molar-refractivity contribution is 7.22. The zero-order valence-corrected chi connectivity index (χ0v) is 16.1. The van der Waals surface area contributed by atoms with Crippen molar-refractivity contribution in [2.45, 2.75) is 42.2 Å². The first-order valence-electron chi connectivity index (χ1n) is 8.33. The molecule has 1 aliphatic carbocycles. The third-order valence-corrected chi connectivity index (χ3v) is 5.58. The lowest BCUT2D eigenvalue weighted by atomic mass is 9.71. The highest BCUT2D eigenvalue weighted by atomic mass is 32.1. The molecule has 1 heterocycles. The predicted molar refractivity (Wildman–Crippen MR) is 88.0 cm³/mol. The van der Waals surface area contributed by atoms with E-state index in [2.05, 4.69) is 4.98 Å². The van der Waals surface area contributed by atoms with Crippen LogP contribution in [0.15, 0.2) is 18.2 Å². The molecule has 3 rings (SSSR count). The van der Waals surface area contributed by atoms with Gasteiger partial charge >= 0.3 is 35.3 Å². The molecule has 0 radical (unpaired) electrons. The van der Waals surface area contributed by atoms with Gasteiger partial charge in [-0.05, 0) is 25.1 Å². The van der Waals surface area contributed by atoms with E-state index in [0.29, 0.717) is 11.3 Å². The summed E-state index contributed by atoms with van der Waals surface area (Å²) in [4.78, 5) is 15.5. The minimum atomic E-state index is -7.39. The minimum Gasteiger partial charge on any atom is -0.494 e. The molecule has 0 spiro atoms. The molecule has 32 heavy (non-hydrogen) atoms. The van der Waals surface area contributed by atoms with Crippen molar-refractivity contribution in [3.63, 3.8) is 0 Å². The molecule has 1 saturated carbocycles. The van der Waals surface area contributed by atoms with Crippen molar-refractivity contribution in [2.75, 3.05) is 11.9 Å². The molecule has 178 valence electrons. The van der Waals surface area contributed by atoms with Gasteiger partial charge in [-0.2, -0.15) is 43.9 Å². The third kappa shape index (κ3) is 2.67. The van der Waals surface area contributed by atoms with Gasteiger partial charge in [0.15, 0.2) is 5.13 Å². The number of benzene rings is 1. The number of aromatic nitrogens is 1. The SMILES string of the molecule is CCOc1ccc2nc(NC(=O)C3(F)C(F)(F)C(F)(F)C(F)(F)C(F)(F)C3(F)F)sc2c1. The van der Waals surface area contributed by atoms with Gasteiger partial charge in [0.1, 0.15) is 5.75 Å². The van der Waals surface area contributed by atoms with Crippen molar-refractivity contribution in [1.29, 1.82) is 0 Å². The van der Waals surface area contributed by atoms with Gasteiger partial charge < -0.3 is 4.74 Å². The fourth-order valence-electron chi connectivity index (χ4n) is 2.90. The molecule has 0 saturated heterocycles. The van der Waals surface area contributed by atoms with Crippen molar-refractivity contribution >= 4 is 32.6 Å². The lowest BCUT2D eigenvalue weighted by Gasteiger charge is -2.51. The van der Waals surface area contributed by atoms with Crippen LogP contribution in [0, 0.1) is 0 Å². The number of ether oxygens (including phenoxy) is 1. The molecule has 16 heteroatoms. The number of amides is 1. The zero-order chi connectivity index (χ0) is 24.5. The second kappa shape index (κ2) is 6.81. The van der Waals surface area contributed by atoms with E-state index in [4.69, 9.17) is 4.74 Å². The van der Waals surface area contributed by atoms with Gasteiger partial charge in [0.05, 0.1) is 16.8 Å². The quantitative estimate of drug-likeness (QED) is 0.560. The van der Waals surface area contributed by atoms with Gasteiger partial charge in [-0.15, -0.1) is 0 Å². The maximum atomic E-state index is 14.7. The summed E-state index contributed by atoms with van der Waals surface area (Å²) in [5.41, 5.74) is -6.81. The fraction of sp³-hybridized carbons (Fsp3) is 0.500. The number of carbonyl (C=O) groups excluding carboxylic acids is 1. The first-order valence-corrected chi connectivity index (χ1v) is 9.14. The maximum absolute atomic E-state index is 14.7. The van der Waals surface area contributed by atoms with Gasteiger partial charge in [0, 0.05) is 0 Å². The molecule has 0 aliphatic heterocycles. The fourth-order valence-corrected chi connectivity index (χ4v) is 3.79. The Labute approximate surface area is 174 Å². The summed E-state index contributed by atoms with van der Waals surface area (Å²) in [6.45, 7) is 1.82. The van der Waals surface area contributed by atoms with Gasteiger partial charge in [0.25, 0.3) is 5.91 Å². The summed E-state index contributed by atoms with van der Waals surface area (Å²) in [6.07, 6.45) is 0. The second-order valence-corrected chi connectivity index (χ2v) is 7.60. The van der Waals surface area contributed by atoms with Gasteiger partial charge in [-0.25, -0.2) is 9.37 Å². The van der Waals surface area contributed by atoms with Crippen LogP contribution in [0.2, 0.25) is 0 Å². The predicted octanol–water partition coefficient (Wildman–Crippen LogP) is 5.53. The summed E-state index contributed by atoms with van der Waals surface area (Å²) in [6, 6.07) is 3.83. The average molecular weight is 502 g/mol. The number of anilines is 1. The van der Waals surface area contributed by atoms with Crippen LogP contribution in [-0.2, 0) is 4.79 Å². The van der Waals surface area contributed by atoms with E-state index >= 15 is 0 Å². The Kier molecular flexibility index (Phi) is 5.16. The van der Waals surface area contributed by atoms with Gasteiger partial charge in [0.2, 0.25) is 0 Å². The topological polar surface area (TPSA) is 51.2 Å². The summed E-state index contributed by atoms with van der Waals surface area (Å²) in [5, 5.41) is 0.0496. The highest BCUT2D eigenvalue weighted by Gasteiger charge is 3.02.